The Morgan fingerprint density at radius 3 is 2.44 bits per heavy atom. The summed E-state index contributed by atoms with van der Waals surface area (Å²) in [6, 6.07) is 14.0. The van der Waals surface area contributed by atoms with Crippen LogP contribution in [0.15, 0.2) is 74.2 Å². The van der Waals surface area contributed by atoms with Crippen molar-refractivity contribution in [1.29, 1.82) is 0 Å². The highest BCUT2D eigenvalue weighted by Gasteiger charge is 2.26. The number of ether oxygens (including phenoxy) is 2. The van der Waals surface area contributed by atoms with Gasteiger partial charge in [-0.25, -0.2) is 14.2 Å². The Hall–Kier alpha value is -3.37. The van der Waals surface area contributed by atoms with Crippen LogP contribution in [-0.4, -0.2) is 16.8 Å². The third-order valence-corrected chi connectivity index (χ3v) is 6.07. The number of aryl methyl sites for hydroxylation is 1. The molecule has 172 valence electrons. The van der Waals surface area contributed by atoms with Gasteiger partial charge in [0.2, 0.25) is 5.90 Å². The number of nitro benzene ring substituents is 1. The number of esters is 1. The van der Waals surface area contributed by atoms with Crippen molar-refractivity contribution < 1.29 is 23.6 Å². The number of hydrogen-bond donors (Lipinski definition) is 0. The van der Waals surface area contributed by atoms with E-state index >= 15 is 0 Å². The minimum atomic E-state index is -0.665. The maximum Gasteiger partial charge on any atom is 0.363 e. The van der Waals surface area contributed by atoms with Crippen LogP contribution in [0.4, 0.5) is 10.1 Å². The number of rotatable bonds is 6. The number of hydrogen-bond acceptors (Lipinski definition) is 6. The Balaban J connectivity index is 1.57. The number of halogens is 3. The molecular weight excluding hydrogens is 575 g/mol. The summed E-state index contributed by atoms with van der Waals surface area (Å²) in [7, 11) is 0. The highest BCUT2D eigenvalue weighted by molar-refractivity contribution is 9.11. The SMILES string of the molecule is Cc1ccc(C2=N/C(=C\c3cc(Br)c(OCc4ccc(F)cc4)c(Br)c3)C(=O)O2)cc1[N+](=O)[O-]. The minimum Gasteiger partial charge on any atom is -0.487 e. The Morgan fingerprint density at radius 1 is 1.12 bits per heavy atom. The molecule has 0 N–H and O–H groups in total. The molecule has 3 aromatic carbocycles. The molecule has 7 nitrogen and oxygen atoms in total. The zero-order valence-electron chi connectivity index (χ0n) is 17.6. The molecule has 0 saturated carbocycles. The predicted octanol–water partition coefficient (Wildman–Crippen LogP) is 6.49. The highest BCUT2D eigenvalue weighted by Crippen LogP contribution is 2.36. The number of nitrogens with zero attached hydrogens (tertiary/aromatic N) is 2. The van der Waals surface area contributed by atoms with E-state index in [0.29, 0.717) is 31.4 Å². The van der Waals surface area contributed by atoms with Crippen LogP contribution in [0, 0.1) is 22.9 Å². The quantitative estimate of drug-likeness (QED) is 0.142. The van der Waals surface area contributed by atoms with Crippen molar-refractivity contribution in [2.24, 2.45) is 4.99 Å². The number of cyclic esters (lactones) is 1. The Bertz CT molecular complexity index is 1350. The monoisotopic (exact) mass is 588 g/mol. The van der Waals surface area contributed by atoms with Crippen LogP contribution in [0.3, 0.4) is 0 Å². The number of nitro groups is 1. The molecule has 0 bridgehead atoms. The van der Waals surface area contributed by atoms with Crippen LogP contribution in [0.2, 0.25) is 0 Å². The van der Waals surface area contributed by atoms with Crippen LogP contribution in [0.5, 0.6) is 5.75 Å². The van der Waals surface area contributed by atoms with Crippen molar-refractivity contribution in [2.45, 2.75) is 13.5 Å². The molecule has 0 aromatic heterocycles. The zero-order valence-corrected chi connectivity index (χ0v) is 20.7. The van der Waals surface area contributed by atoms with Gasteiger partial charge in [-0.1, -0.05) is 18.2 Å². The van der Waals surface area contributed by atoms with Gasteiger partial charge < -0.3 is 9.47 Å². The molecule has 34 heavy (non-hydrogen) atoms. The average Bonchev–Trinajstić information content (AvgIpc) is 3.14. The number of benzene rings is 3. The largest absolute Gasteiger partial charge is 0.487 e. The maximum absolute atomic E-state index is 13.1. The van der Waals surface area contributed by atoms with E-state index in [0.717, 1.165) is 5.56 Å². The van der Waals surface area contributed by atoms with Crippen molar-refractivity contribution in [1.82, 2.24) is 0 Å². The van der Waals surface area contributed by atoms with Gasteiger partial charge in [0.1, 0.15) is 18.2 Å². The molecule has 1 heterocycles. The lowest BCUT2D eigenvalue weighted by atomic mass is 10.1. The molecule has 3 aromatic rings. The number of carbonyl (C=O) groups excluding carboxylic acids is 1. The van der Waals surface area contributed by atoms with Gasteiger partial charge in [-0.2, -0.15) is 0 Å². The molecule has 0 radical (unpaired) electrons. The lowest BCUT2D eigenvalue weighted by Crippen LogP contribution is -2.06. The van der Waals surface area contributed by atoms with Gasteiger partial charge in [-0.3, -0.25) is 10.1 Å². The lowest BCUT2D eigenvalue weighted by molar-refractivity contribution is -0.385. The van der Waals surface area contributed by atoms with E-state index in [9.17, 15) is 19.3 Å². The average molecular weight is 590 g/mol. The molecule has 1 aliphatic rings. The molecule has 0 saturated heterocycles. The standard InChI is InChI=1S/C24H15Br2FN2O5/c1-13-2-5-16(11-21(13)29(31)32)23-28-20(24(30)34-23)10-15-8-18(25)22(19(26)9-15)33-12-14-3-6-17(27)7-4-14/h2-11H,12H2,1H3/b20-10-. The molecule has 0 atom stereocenters. The van der Waals surface area contributed by atoms with Gasteiger partial charge in [0.05, 0.1) is 13.9 Å². The summed E-state index contributed by atoms with van der Waals surface area (Å²) in [5.74, 6) is -0.448. The molecule has 0 spiro atoms. The maximum atomic E-state index is 13.1. The fraction of sp³-hybridized carbons (Fsp3) is 0.0833. The molecule has 0 unspecified atom stereocenters. The summed E-state index contributed by atoms with van der Waals surface area (Å²) >= 11 is 6.93. The van der Waals surface area contributed by atoms with E-state index in [-0.39, 0.29) is 29.7 Å². The Morgan fingerprint density at radius 2 is 1.79 bits per heavy atom. The van der Waals surface area contributed by atoms with Crippen molar-refractivity contribution in [2.75, 3.05) is 0 Å². The van der Waals surface area contributed by atoms with Gasteiger partial charge in [0.15, 0.2) is 5.70 Å². The van der Waals surface area contributed by atoms with E-state index in [1.165, 1.54) is 24.3 Å². The summed E-state index contributed by atoms with van der Waals surface area (Å²) in [6.07, 6.45) is 1.54. The van der Waals surface area contributed by atoms with Gasteiger partial charge >= 0.3 is 5.97 Å². The second-order valence-corrected chi connectivity index (χ2v) is 9.03. The van der Waals surface area contributed by atoms with Crippen LogP contribution in [0.25, 0.3) is 6.08 Å². The van der Waals surface area contributed by atoms with Gasteiger partial charge in [-0.05, 0) is 86.3 Å². The molecule has 10 heteroatoms. The first-order valence-corrected chi connectivity index (χ1v) is 11.4. The van der Waals surface area contributed by atoms with Gasteiger partial charge in [-0.15, -0.1) is 0 Å². The zero-order chi connectivity index (χ0) is 24.4. The summed E-state index contributed by atoms with van der Waals surface area (Å²) in [4.78, 5) is 27.3. The van der Waals surface area contributed by atoms with Crippen molar-refractivity contribution in [3.05, 3.63) is 107 Å². The van der Waals surface area contributed by atoms with Crippen LogP contribution in [0.1, 0.15) is 22.3 Å². The summed E-state index contributed by atoms with van der Waals surface area (Å²) in [5.41, 5.74) is 2.24. The third kappa shape index (κ3) is 5.23. The third-order valence-electron chi connectivity index (χ3n) is 4.89. The molecular formula is C24H15Br2FN2O5. The molecule has 0 amide bonds. The fourth-order valence-corrected chi connectivity index (χ4v) is 4.62. The van der Waals surface area contributed by atoms with Crippen molar-refractivity contribution in [3.63, 3.8) is 0 Å². The molecule has 0 fully saturated rings. The molecule has 0 aliphatic carbocycles. The minimum absolute atomic E-state index is 0.00303. The summed E-state index contributed by atoms with van der Waals surface area (Å²) in [6.45, 7) is 1.86. The lowest BCUT2D eigenvalue weighted by Gasteiger charge is -2.11. The predicted molar refractivity (Wildman–Crippen MR) is 131 cm³/mol. The van der Waals surface area contributed by atoms with E-state index in [1.807, 2.05) is 0 Å². The summed E-state index contributed by atoms with van der Waals surface area (Å²) in [5, 5.41) is 11.2. The van der Waals surface area contributed by atoms with Crippen molar-refractivity contribution >= 4 is 55.5 Å². The van der Waals surface area contributed by atoms with Crippen LogP contribution < -0.4 is 4.74 Å². The second kappa shape index (κ2) is 9.86. The van der Waals surface area contributed by atoms with E-state index < -0.39 is 10.9 Å². The first-order valence-electron chi connectivity index (χ1n) is 9.85. The number of carbonyl (C=O) groups is 1. The van der Waals surface area contributed by atoms with E-state index in [2.05, 4.69) is 36.9 Å². The number of aliphatic imine (C=N–C) groups is 1. The van der Waals surface area contributed by atoms with Crippen molar-refractivity contribution in [3.8, 4) is 5.75 Å². The van der Waals surface area contributed by atoms with E-state index in [4.69, 9.17) is 9.47 Å². The summed E-state index contributed by atoms with van der Waals surface area (Å²) < 4.78 is 25.4. The van der Waals surface area contributed by atoms with E-state index in [1.54, 1.807) is 43.3 Å². The Kier molecular flexibility index (Phi) is 6.90. The smallest absolute Gasteiger partial charge is 0.363 e. The topological polar surface area (TPSA) is 91.0 Å². The van der Waals surface area contributed by atoms with Crippen LogP contribution in [-0.2, 0) is 16.1 Å². The molecule has 4 rings (SSSR count). The van der Waals surface area contributed by atoms with Gasteiger partial charge in [0.25, 0.3) is 5.69 Å². The first kappa shape index (κ1) is 23.8. The highest BCUT2D eigenvalue weighted by atomic mass is 79.9. The molecule has 1 aliphatic heterocycles. The normalized spacial score (nSPS) is 14.2. The fourth-order valence-electron chi connectivity index (χ4n) is 3.17. The van der Waals surface area contributed by atoms with Gasteiger partial charge in [0, 0.05) is 17.2 Å². The first-order chi connectivity index (χ1) is 16.2. The Labute approximate surface area is 210 Å². The van der Waals surface area contributed by atoms with Crippen LogP contribution >= 0.6 is 31.9 Å². The second-order valence-electron chi connectivity index (χ2n) is 7.32.